The first-order valence-electron chi connectivity index (χ1n) is 11.6. The number of aromatic nitrogens is 3. The van der Waals surface area contributed by atoms with Crippen molar-refractivity contribution >= 4 is 51.4 Å². The Morgan fingerprint density at radius 1 is 1.03 bits per heavy atom. The van der Waals surface area contributed by atoms with Crippen molar-refractivity contribution in [2.75, 3.05) is 19.0 Å². The molecule has 0 saturated carbocycles. The van der Waals surface area contributed by atoms with E-state index in [1.165, 1.54) is 6.92 Å². The lowest BCUT2D eigenvalue weighted by atomic mass is 10.0. The number of anilines is 1. The largest absolute Gasteiger partial charge is 0.515 e. The highest BCUT2D eigenvalue weighted by Gasteiger charge is 2.25. The fourth-order valence-corrected chi connectivity index (χ4v) is 4.84. The van der Waals surface area contributed by atoms with Gasteiger partial charge in [0.25, 0.3) is 0 Å². The molecule has 2 aromatic heterocycles. The average Bonchev–Trinajstić information content (AvgIpc) is 3.46. The van der Waals surface area contributed by atoms with E-state index < -0.39 is 6.16 Å². The standard InChI is InChI=1S/C27H24N4O5S/c1-4-35-27(33)36-26-25(19-7-5-6-8-24(19)34-3)20-14-18(28-16(2)32)10-12-23(20)31(26)15-17-9-11-21-22(13-17)30-37-29-21/h5-14H,4,15H2,1-3H3,(H,28,32). The molecule has 0 fully saturated rings. The number of benzene rings is 3. The smallest absolute Gasteiger partial charge is 0.496 e. The zero-order valence-electron chi connectivity index (χ0n) is 20.5. The van der Waals surface area contributed by atoms with Gasteiger partial charge in [0.1, 0.15) is 16.8 Å². The Labute approximate surface area is 216 Å². The number of methoxy groups -OCH3 is 1. The van der Waals surface area contributed by atoms with E-state index in [2.05, 4.69) is 14.1 Å². The van der Waals surface area contributed by atoms with Gasteiger partial charge in [-0.25, -0.2) is 4.79 Å². The number of amides is 1. The van der Waals surface area contributed by atoms with Crippen LogP contribution in [0.3, 0.4) is 0 Å². The Kier molecular flexibility index (Phi) is 6.74. The molecule has 5 rings (SSSR count). The molecule has 0 bridgehead atoms. The van der Waals surface area contributed by atoms with E-state index in [9.17, 15) is 9.59 Å². The van der Waals surface area contributed by atoms with Gasteiger partial charge in [-0.15, -0.1) is 0 Å². The van der Waals surface area contributed by atoms with Gasteiger partial charge in [0, 0.05) is 23.6 Å². The Balaban J connectivity index is 1.77. The van der Waals surface area contributed by atoms with Crippen LogP contribution in [-0.2, 0) is 16.1 Å². The summed E-state index contributed by atoms with van der Waals surface area (Å²) in [5.74, 6) is 0.718. The SMILES string of the molecule is CCOC(=O)Oc1c(-c2ccccc2OC)c2cc(NC(C)=O)ccc2n1Cc1ccc2nsnc2c1. The zero-order chi connectivity index (χ0) is 25.9. The summed E-state index contributed by atoms with van der Waals surface area (Å²) < 4.78 is 27.2. The van der Waals surface area contributed by atoms with Crippen LogP contribution in [0.1, 0.15) is 19.4 Å². The van der Waals surface area contributed by atoms with Gasteiger partial charge >= 0.3 is 6.16 Å². The molecular formula is C27H24N4O5S. The Morgan fingerprint density at radius 2 is 1.84 bits per heavy atom. The van der Waals surface area contributed by atoms with Crippen LogP contribution in [0.25, 0.3) is 33.1 Å². The monoisotopic (exact) mass is 516 g/mol. The number of ether oxygens (including phenoxy) is 3. The molecule has 1 amide bonds. The molecule has 0 spiro atoms. The molecule has 0 aliphatic carbocycles. The lowest BCUT2D eigenvalue weighted by Gasteiger charge is -2.14. The Bertz CT molecular complexity index is 1620. The van der Waals surface area contributed by atoms with Crippen LogP contribution in [0.5, 0.6) is 11.6 Å². The maximum atomic E-state index is 12.6. The topological polar surface area (TPSA) is 105 Å². The van der Waals surface area contributed by atoms with Crippen LogP contribution < -0.4 is 14.8 Å². The summed E-state index contributed by atoms with van der Waals surface area (Å²) in [6.45, 7) is 3.72. The molecule has 3 aromatic carbocycles. The van der Waals surface area contributed by atoms with Gasteiger partial charge in [-0.1, -0.05) is 24.3 Å². The van der Waals surface area contributed by atoms with Gasteiger partial charge in [0.05, 0.1) is 43.1 Å². The lowest BCUT2D eigenvalue weighted by Crippen LogP contribution is -2.14. The molecule has 0 atom stereocenters. The summed E-state index contributed by atoms with van der Waals surface area (Å²) in [5, 5.41) is 3.60. The number of carbonyl (C=O) groups excluding carboxylic acids is 2. The maximum Gasteiger partial charge on any atom is 0.515 e. The molecule has 10 heteroatoms. The molecule has 188 valence electrons. The molecule has 0 aliphatic heterocycles. The van der Waals surface area contributed by atoms with E-state index in [1.54, 1.807) is 14.0 Å². The van der Waals surface area contributed by atoms with Gasteiger partial charge in [0.15, 0.2) is 0 Å². The zero-order valence-corrected chi connectivity index (χ0v) is 21.3. The number of nitrogens with zero attached hydrogens (tertiary/aromatic N) is 3. The normalized spacial score (nSPS) is 11.0. The minimum Gasteiger partial charge on any atom is -0.496 e. The van der Waals surface area contributed by atoms with Gasteiger partial charge in [0.2, 0.25) is 11.8 Å². The summed E-state index contributed by atoms with van der Waals surface area (Å²) >= 11 is 1.16. The quantitative estimate of drug-likeness (QED) is 0.270. The molecular weight excluding hydrogens is 492 g/mol. The number of para-hydroxylation sites is 1. The van der Waals surface area contributed by atoms with Crippen molar-refractivity contribution in [2.24, 2.45) is 0 Å². The Hall–Kier alpha value is -4.44. The third kappa shape index (κ3) is 4.83. The van der Waals surface area contributed by atoms with E-state index >= 15 is 0 Å². The maximum absolute atomic E-state index is 12.6. The van der Waals surface area contributed by atoms with Crippen LogP contribution in [0.2, 0.25) is 0 Å². The van der Waals surface area contributed by atoms with E-state index in [0.29, 0.717) is 29.4 Å². The van der Waals surface area contributed by atoms with Crippen LogP contribution in [0.15, 0.2) is 60.7 Å². The Morgan fingerprint density at radius 3 is 2.62 bits per heavy atom. The molecule has 2 heterocycles. The predicted molar refractivity (Wildman–Crippen MR) is 142 cm³/mol. The first-order valence-corrected chi connectivity index (χ1v) is 12.3. The number of nitrogens with one attached hydrogen (secondary N) is 1. The second-order valence-corrected chi connectivity index (χ2v) is 8.78. The second kappa shape index (κ2) is 10.3. The summed E-state index contributed by atoms with van der Waals surface area (Å²) in [4.78, 5) is 24.4. The van der Waals surface area contributed by atoms with Crippen molar-refractivity contribution in [3.8, 4) is 22.8 Å². The fraction of sp³-hybridized carbons (Fsp3) is 0.185. The minimum atomic E-state index is -0.816. The van der Waals surface area contributed by atoms with Crippen molar-refractivity contribution < 1.29 is 23.8 Å². The molecule has 0 radical (unpaired) electrons. The fourth-order valence-electron chi connectivity index (χ4n) is 4.32. The third-order valence-electron chi connectivity index (χ3n) is 5.81. The van der Waals surface area contributed by atoms with Gasteiger partial charge in [-0.3, -0.25) is 4.79 Å². The third-order valence-corrected chi connectivity index (χ3v) is 6.37. The van der Waals surface area contributed by atoms with E-state index in [1.807, 2.05) is 65.2 Å². The van der Waals surface area contributed by atoms with Crippen molar-refractivity contribution in [3.63, 3.8) is 0 Å². The first kappa shape index (κ1) is 24.3. The molecule has 0 aliphatic rings. The second-order valence-electron chi connectivity index (χ2n) is 8.25. The number of rotatable bonds is 7. The van der Waals surface area contributed by atoms with Crippen molar-refractivity contribution in [2.45, 2.75) is 20.4 Å². The number of carbonyl (C=O) groups is 2. The van der Waals surface area contributed by atoms with Crippen molar-refractivity contribution in [1.82, 2.24) is 13.3 Å². The van der Waals surface area contributed by atoms with Crippen LogP contribution >= 0.6 is 11.7 Å². The van der Waals surface area contributed by atoms with Gasteiger partial charge in [-0.05, 0) is 48.9 Å². The van der Waals surface area contributed by atoms with E-state index in [0.717, 1.165) is 44.8 Å². The highest BCUT2D eigenvalue weighted by atomic mass is 32.1. The molecule has 0 unspecified atom stereocenters. The highest BCUT2D eigenvalue weighted by molar-refractivity contribution is 7.00. The van der Waals surface area contributed by atoms with Gasteiger partial charge < -0.3 is 24.1 Å². The molecule has 9 nitrogen and oxygen atoms in total. The predicted octanol–water partition coefficient (Wildman–Crippen LogP) is 5.86. The molecule has 37 heavy (non-hydrogen) atoms. The molecule has 1 N–H and O–H groups in total. The highest BCUT2D eigenvalue weighted by Crippen LogP contribution is 2.45. The summed E-state index contributed by atoms with van der Waals surface area (Å²) in [7, 11) is 1.59. The number of fused-ring (bicyclic) bond motifs is 2. The first-order chi connectivity index (χ1) is 18.0. The van der Waals surface area contributed by atoms with Crippen LogP contribution in [0.4, 0.5) is 10.5 Å². The summed E-state index contributed by atoms with van der Waals surface area (Å²) in [6, 6.07) is 18.9. The molecule has 0 saturated heterocycles. The minimum absolute atomic E-state index is 0.170. The van der Waals surface area contributed by atoms with Crippen LogP contribution in [0, 0.1) is 0 Å². The average molecular weight is 517 g/mol. The van der Waals surface area contributed by atoms with Crippen LogP contribution in [-0.4, -0.2) is 39.1 Å². The van der Waals surface area contributed by atoms with Crippen molar-refractivity contribution in [1.29, 1.82) is 0 Å². The van der Waals surface area contributed by atoms with Gasteiger partial charge in [-0.2, -0.15) is 8.75 Å². The van der Waals surface area contributed by atoms with Crippen molar-refractivity contribution in [3.05, 3.63) is 66.2 Å². The van der Waals surface area contributed by atoms with E-state index in [4.69, 9.17) is 14.2 Å². The summed E-state index contributed by atoms with van der Waals surface area (Å²) in [6.07, 6.45) is -0.816. The lowest BCUT2D eigenvalue weighted by molar-refractivity contribution is -0.114. The summed E-state index contributed by atoms with van der Waals surface area (Å²) in [5.41, 5.74) is 5.35. The van der Waals surface area contributed by atoms with E-state index in [-0.39, 0.29) is 12.5 Å². The number of hydrogen-bond donors (Lipinski definition) is 1. The number of hydrogen-bond acceptors (Lipinski definition) is 8. The molecule has 5 aromatic rings.